The first-order chi connectivity index (χ1) is 13.6. The SMILES string of the molecule is O=C(COC(=O)CCC1CCCCC1)NNC(=O)C1COc2ccccc2O1. The Morgan fingerprint density at radius 2 is 1.79 bits per heavy atom. The van der Waals surface area contributed by atoms with Crippen molar-refractivity contribution in [2.75, 3.05) is 13.2 Å². The first-order valence-electron chi connectivity index (χ1n) is 9.74. The summed E-state index contributed by atoms with van der Waals surface area (Å²) in [6, 6.07) is 7.01. The lowest BCUT2D eigenvalue weighted by atomic mass is 9.86. The zero-order valence-corrected chi connectivity index (χ0v) is 15.8. The minimum absolute atomic E-state index is 0.0366. The Balaban J connectivity index is 1.30. The minimum atomic E-state index is -0.881. The summed E-state index contributed by atoms with van der Waals surface area (Å²) in [4.78, 5) is 35.6. The molecule has 1 aliphatic carbocycles. The smallest absolute Gasteiger partial charge is 0.306 e. The van der Waals surface area contributed by atoms with Crippen molar-refractivity contribution in [3.05, 3.63) is 24.3 Å². The Kier molecular flexibility index (Phi) is 7.11. The number of nitrogens with one attached hydrogen (secondary N) is 2. The van der Waals surface area contributed by atoms with Gasteiger partial charge in [-0.15, -0.1) is 0 Å². The molecule has 2 amide bonds. The lowest BCUT2D eigenvalue weighted by molar-refractivity contribution is -0.149. The summed E-state index contributed by atoms with van der Waals surface area (Å²) in [5, 5.41) is 0. The number of esters is 1. The summed E-state index contributed by atoms with van der Waals surface area (Å²) in [6.45, 7) is -0.399. The normalized spacial score (nSPS) is 18.8. The second-order valence-corrected chi connectivity index (χ2v) is 7.11. The fourth-order valence-corrected chi connectivity index (χ4v) is 3.41. The van der Waals surface area contributed by atoms with Gasteiger partial charge in [0.05, 0.1) is 0 Å². The van der Waals surface area contributed by atoms with Crippen molar-refractivity contribution in [1.29, 1.82) is 0 Å². The van der Waals surface area contributed by atoms with Crippen LogP contribution in [0.25, 0.3) is 0 Å². The van der Waals surface area contributed by atoms with E-state index in [1.807, 2.05) is 0 Å². The molecule has 1 aromatic carbocycles. The number of para-hydroxylation sites is 2. The zero-order chi connectivity index (χ0) is 19.8. The maximum atomic E-state index is 12.1. The summed E-state index contributed by atoms with van der Waals surface area (Å²) in [6.07, 6.45) is 6.29. The number of fused-ring (bicyclic) bond motifs is 1. The van der Waals surface area contributed by atoms with Gasteiger partial charge in [0.2, 0.25) is 6.10 Å². The number of hydrogen-bond acceptors (Lipinski definition) is 6. The van der Waals surface area contributed by atoms with Crippen molar-refractivity contribution in [2.24, 2.45) is 5.92 Å². The topological polar surface area (TPSA) is 103 Å². The van der Waals surface area contributed by atoms with Gasteiger partial charge in [-0.2, -0.15) is 0 Å². The van der Waals surface area contributed by atoms with Gasteiger partial charge in [0.25, 0.3) is 11.8 Å². The number of rotatable bonds is 6. The molecule has 3 rings (SSSR count). The molecule has 2 aliphatic rings. The zero-order valence-electron chi connectivity index (χ0n) is 15.8. The average molecular weight is 390 g/mol. The van der Waals surface area contributed by atoms with E-state index in [0.29, 0.717) is 23.8 Å². The quantitative estimate of drug-likeness (QED) is 0.568. The molecule has 28 heavy (non-hydrogen) atoms. The molecule has 0 bridgehead atoms. The van der Waals surface area contributed by atoms with Gasteiger partial charge in [-0.1, -0.05) is 44.2 Å². The highest BCUT2D eigenvalue weighted by Crippen LogP contribution is 2.30. The van der Waals surface area contributed by atoms with Gasteiger partial charge in [0.1, 0.15) is 6.61 Å². The van der Waals surface area contributed by atoms with Gasteiger partial charge in [0, 0.05) is 6.42 Å². The van der Waals surface area contributed by atoms with Crippen LogP contribution in [0.3, 0.4) is 0 Å². The van der Waals surface area contributed by atoms with Crippen molar-refractivity contribution < 1.29 is 28.6 Å². The summed E-state index contributed by atoms with van der Waals surface area (Å²) < 4.78 is 16.0. The fraction of sp³-hybridized carbons (Fsp3) is 0.550. The first-order valence-corrected chi connectivity index (χ1v) is 9.74. The third-order valence-corrected chi connectivity index (χ3v) is 4.97. The molecule has 1 heterocycles. The molecule has 2 N–H and O–H groups in total. The second kappa shape index (κ2) is 9.96. The molecule has 8 nitrogen and oxygen atoms in total. The van der Waals surface area contributed by atoms with Crippen LogP contribution in [0, 0.1) is 5.92 Å². The Morgan fingerprint density at radius 1 is 1.04 bits per heavy atom. The van der Waals surface area contributed by atoms with Gasteiger partial charge in [-0.3, -0.25) is 25.2 Å². The number of hydrogen-bond donors (Lipinski definition) is 2. The first kappa shape index (κ1) is 20.0. The molecule has 1 saturated carbocycles. The number of carbonyl (C=O) groups excluding carboxylic acids is 3. The lowest BCUT2D eigenvalue weighted by Crippen LogP contribution is -2.51. The molecule has 0 radical (unpaired) electrons. The van der Waals surface area contributed by atoms with Gasteiger partial charge < -0.3 is 14.2 Å². The van der Waals surface area contributed by atoms with Crippen molar-refractivity contribution in [2.45, 2.75) is 51.0 Å². The highest BCUT2D eigenvalue weighted by Gasteiger charge is 2.27. The predicted octanol–water partition coefficient (Wildman–Crippen LogP) is 1.88. The Labute approximate surface area is 163 Å². The van der Waals surface area contributed by atoms with Crippen LogP contribution in [0.4, 0.5) is 0 Å². The molecule has 0 aromatic heterocycles. The van der Waals surface area contributed by atoms with Crippen LogP contribution in [0.5, 0.6) is 11.5 Å². The van der Waals surface area contributed by atoms with E-state index < -0.39 is 30.5 Å². The average Bonchev–Trinajstić information content (AvgIpc) is 2.75. The van der Waals surface area contributed by atoms with E-state index >= 15 is 0 Å². The highest BCUT2D eigenvalue weighted by atomic mass is 16.6. The van der Waals surface area contributed by atoms with E-state index in [2.05, 4.69) is 10.9 Å². The lowest BCUT2D eigenvalue weighted by Gasteiger charge is -2.25. The second-order valence-electron chi connectivity index (χ2n) is 7.11. The van der Waals surface area contributed by atoms with Gasteiger partial charge in [-0.25, -0.2) is 0 Å². The molecular weight excluding hydrogens is 364 g/mol. The van der Waals surface area contributed by atoms with Gasteiger partial charge in [0.15, 0.2) is 18.1 Å². The third-order valence-electron chi connectivity index (χ3n) is 4.97. The van der Waals surface area contributed by atoms with E-state index in [4.69, 9.17) is 14.2 Å². The number of hydrazine groups is 1. The maximum absolute atomic E-state index is 12.1. The molecule has 1 unspecified atom stereocenters. The molecule has 1 aromatic rings. The molecule has 1 fully saturated rings. The predicted molar refractivity (Wildman–Crippen MR) is 99.4 cm³/mol. The highest BCUT2D eigenvalue weighted by molar-refractivity contribution is 5.86. The summed E-state index contributed by atoms with van der Waals surface area (Å²) in [5.41, 5.74) is 4.47. The van der Waals surface area contributed by atoms with E-state index in [9.17, 15) is 14.4 Å². The summed E-state index contributed by atoms with van der Waals surface area (Å²) >= 11 is 0. The fourth-order valence-electron chi connectivity index (χ4n) is 3.41. The molecule has 0 saturated heterocycles. The van der Waals surface area contributed by atoms with Crippen molar-refractivity contribution >= 4 is 17.8 Å². The Morgan fingerprint density at radius 3 is 2.57 bits per heavy atom. The number of ether oxygens (including phenoxy) is 3. The van der Waals surface area contributed by atoms with Crippen LogP contribution in [0.1, 0.15) is 44.9 Å². The number of carbonyl (C=O) groups is 3. The molecule has 1 atom stereocenters. The van der Waals surface area contributed by atoms with E-state index in [0.717, 1.165) is 19.3 Å². The van der Waals surface area contributed by atoms with Crippen LogP contribution in [0.15, 0.2) is 24.3 Å². The van der Waals surface area contributed by atoms with Crippen LogP contribution in [-0.4, -0.2) is 37.1 Å². The van der Waals surface area contributed by atoms with Crippen LogP contribution < -0.4 is 20.3 Å². The van der Waals surface area contributed by atoms with E-state index in [1.54, 1.807) is 24.3 Å². The van der Waals surface area contributed by atoms with Gasteiger partial charge >= 0.3 is 5.97 Å². The Hall–Kier alpha value is -2.77. The molecular formula is C20H26N2O6. The van der Waals surface area contributed by atoms with E-state index in [1.165, 1.54) is 19.3 Å². The standard InChI is InChI=1S/C20H26N2O6/c23-18(13-27-19(24)11-10-14-6-2-1-3-7-14)21-22-20(25)17-12-26-15-8-4-5-9-16(15)28-17/h4-5,8-9,14,17H,1-3,6-7,10-13H2,(H,21,23)(H,22,25). The molecule has 8 heteroatoms. The summed E-state index contributed by atoms with van der Waals surface area (Å²) in [5.74, 6) is 0.0516. The summed E-state index contributed by atoms with van der Waals surface area (Å²) in [7, 11) is 0. The number of amides is 2. The minimum Gasteiger partial charge on any atom is -0.485 e. The molecule has 152 valence electrons. The largest absolute Gasteiger partial charge is 0.485 e. The monoisotopic (exact) mass is 390 g/mol. The van der Waals surface area contributed by atoms with Crippen molar-refractivity contribution in [3.8, 4) is 11.5 Å². The van der Waals surface area contributed by atoms with Crippen molar-refractivity contribution in [1.82, 2.24) is 10.9 Å². The number of benzene rings is 1. The molecule has 0 spiro atoms. The maximum Gasteiger partial charge on any atom is 0.306 e. The van der Waals surface area contributed by atoms with Crippen LogP contribution in [-0.2, 0) is 19.1 Å². The van der Waals surface area contributed by atoms with Crippen LogP contribution >= 0.6 is 0 Å². The Bertz CT molecular complexity index is 702. The molecule has 1 aliphatic heterocycles. The van der Waals surface area contributed by atoms with Crippen molar-refractivity contribution in [3.63, 3.8) is 0 Å². The van der Waals surface area contributed by atoms with E-state index in [-0.39, 0.29) is 6.61 Å². The van der Waals surface area contributed by atoms with Crippen LogP contribution in [0.2, 0.25) is 0 Å². The third kappa shape index (κ3) is 5.87. The van der Waals surface area contributed by atoms with Gasteiger partial charge in [-0.05, 0) is 24.5 Å².